The van der Waals surface area contributed by atoms with E-state index < -0.39 is 12.7 Å². The highest BCUT2D eigenvalue weighted by molar-refractivity contribution is 14.1. The van der Waals surface area contributed by atoms with Crippen LogP contribution in [-0.4, -0.2) is 54.6 Å². The molecule has 1 saturated heterocycles. The summed E-state index contributed by atoms with van der Waals surface area (Å²) in [5.41, 5.74) is 0.507. The molecular formula is C13H13ClF3IN2O. The van der Waals surface area contributed by atoms with E-state index in [4.69, 9.17) is 11.6 Å². The largest absolute Gasteiger partial charge is 0.401 e. The molecule has 1 aliphatic heterocycles. The Kier molecular flexibility index (Phi) is 5.37. The van der Waals surface area contributed by atoms with E-state index in [-0.39, 0.29) is 19.0 Å². The molecule has 1 aromatic rings. The van der Waals surface area contributed by atoms with Crippen LogP contribution in [0.4, 0.5) is 13.2 Å². The van der Waals surface area contributed by atoms with Gasteiger partial charge in [-0.05, 0) is 40.8 Å². The number of benzene rings is 1. The molecule has 1 fully saturated rings. The van der Waals surface area contributed by atoms with E-state index in [1.54, 1.807) is 23.1 Å². The molecule has 1 heterocycles. The summed E-state index contributed by atoms with van der Waals surface area (Å²) in [7, 11) is 0. The number of hydrogen-bond donors (Lipinski definition) is 0. The normalized spacial score (nSPS) is 17.1. The Hall–Kier alpha value is -0.540. The first-order valence-corrected chi connectivity index (χ1v) is 7.75. The molecule has 8 heteroatoms. The molecule has 3 nitrogen and oxygen atoms in total. The van der Waals surface area contributed by atoms with E-state index in [2.05, 4.69) is 0 Å². The molecule has 0 radical (unpaired) electrons. The standard InChI is InChI=1S/C13H13ClF3IN2O/c14-10-2-1-9(7-11(10)18)12(21)20-5-3-19(4-6-20)8-13(15,16)17/h1-2,7H,3-6,8H2. The average molecular weight is 433 g/mol. The Morgan fingerprint density at radius 2 is 1.86 bits per heavy atom. The van der Waals surface area contributed by atoms with E-state index in [1.165, 1.54) is 4.90 Å². The fourth-order valence-electron chi connectivity index (χ4n) is 2.17. The second-order valence-corrected chi connectivity index (χ2v) is 6.38. The first-order chi connectivity index (χ1) is 9.76. The summed E-state index contributed by atoms with van der Waals surface area (Å²) in [5.74, 6) is -0.170. The van der Waals surface area contributed by atoms with Gasteiger partial charge in [0.2, 0.25) is 0 Å². The molecule has 0 spiro atoms. The minimum atomic E-state index is -4.20. The Morgan fingerprint density at radius 1 is 1.24 bits per heavy atom. The summed E-state index contributed by atoms with van der Waals surface area (Å²) in [6, 6.07) is 4.97. The van der Waals surface area contributed by atoms with Gasteiger partial charge in [-0.25, -0.2) is 0 Å². The van der Waals surface area contributed by atoms with Crippen molar-refractivity contribution in [1.82, 2.24) is 9.80 Å². The van der Waals surface area contributed by atoms with Gasteiger partial charge in [0.1, 0.15) is 0 Å². The summed E-state index contributed by atoms with van der Waals surface area (Å²) >= 11 is 7.94. The van der Waals surface area contributed by atoms with Crippen molar-refractivity contribution in [3.05, 3.63) is 32.4 Å². The van der Waals surface area contributed by atoms with Crippen molar-refractivity contribution in [3.8, 4) is 0 Å². The third-order valence-corrected chi connectivity index (χ3v) is 4.77. The second-order valence-electron chi connectivity index (χ2n) is 4.81. The van der Waals surface area contributed by atoms with Crippen LogP contribution < -0.4 is 0 Å². The molecule has 1 aromatic carbocycles. The Bertz CT molecular complexity index is 531. The maximum atomic E-state index is 12.3. The van der Waals surface area contributed by atoms with Gasteiger partial charge in [-0.1, -0.05) is 11.6 Å². The van der Waals surface area contributed by atoms with Crippen LogP contribution >= 0.6 is 34.2 Å². The van der Waals surface area contributed by atoms with Crippen LogP contribution in [0.2, 0.25) is 5.02 Å². The topological polar surface area (TPSA) is 23.6 Å². The van der Waals surface area contributed by atoms with E-state index in [0.717, 1.165) is 3.57 Å². The van der Waals surface area contributed by atoms with Crippen LogP contribution in [-0.2, 0) is 0 Å². The maximum absolute atomic E-state index is 12.3. The summed E-state index contributed by atoms with van der Waals surface area (Å²) in [6.45, 7) is 0.141. The molecule has 0 N–H and O–H groups in total. The second kappa shape index (κ2) is 6.70. The van der Waals surface area contributed by atoms with Crippen LogP contribution in [0.25, 0.3) is 0 Å². The van der Waals surface area contributed by atoms with Gasteiger partial charge in [0.25, 0.3) is 5.91 Å². The molecule has 0 saturated carbocycles. The van der Waals surface area contributed by atoms with Gasteiger partial charge in [0.15, 0.2) is 0 Å². The van der Waals surface area contributed by atoms with Crippen molar-refractivity contribution in [2.75, 3.05) is 32.7 Å². The lowest BCUT2D eigenvalue weighted by atomic mass is 10.2. The van der Waals surface area contributed by atoms with Crippen molar-refractivity contribution in [2.45, 2.75) is 6.18 Å². The van der Waals surface area contributed by atoms with E-state index in [1.807, 2.05) is 22.6 Å². The average Bonchev–Trinajstić information content (AvgIpc) is 2.40. The zero-order chi connectivity index (χ0) is 15.6. The molecule has 0 aromatic heterocycles. The minimum absolute atomic E-state index is 0.170. The quantitative estimate of drug-likeness (QED) is 0.670. The fraction of sp³-hybridized carbons (Fsp3) is 0.462. The molecule has 0 atom stereocenters. The molecule has 21 heavy (non-hydrogen) atoms. The summed E-state index contributed by atoms with van der Waals surface area (Å²) in [5, 5.41) is 0.571. The van der Waals surface area contributed by atoms with Crippen LogP contribution in [0.5, 0.6) is 0 Å². The van der Waals surface area contributed by atoms with Gasteiger partial charge in [0.05, 0.1) is 11.6 Å². The third kappa shape index (κ3) is 4.72. The number of amides is 1. The molecular weight excluding hydrogens is 420 g/mol. The minimum Gasteiger partial charge on any atom is -0.336 e. The Balaban J connectivity index is 1.95. The van der Waals surface area contributed by atoms with Crippen molar-refractivity contribution in [1.29, 1.82) is 0 Å². The zero-order valence-electron chi connectivity index (χ0n) is 11.0. The summed E-state index contributed by atoms with van der Waals surface area (Å²) in [6.07, 6.45) is -4.20. The number of halogens is 5. The zero-order valence-corrected chi connectivity index (χ0v) is 13.9. The predicted octanol–water partition coefficient (Wildman–Crippen LogP) is 3.26. The van der Waals surface area contributed by atoms with E-state index >= 15 is 0 Å². The highest BCUT2D eigenvalue weighted by Crippen LogP contribution is 2.21. The first kappa shape index (κ1) is 16.8. The maximum Gasteiger partial charge on any atom is 0.401 e. The number of alkyl halides is 3. The predicted molar refractivity (Wildman–Crippen MR) is 82.6 cm³/mol. The lowest BCUT2D eigenvalue weighted by Gasteiger charge is -2.35. The van der Waals surface area contributed by atoms with E-state index in [0.29, 0.717) is 23.7 Å². The monoisotopic (exact) mass is 432 g/mol. The van der Waals surface area contributed by atoms with Crippen LogP contribution in [0.1, 0.15) is 10.4 Å². The van der Waals surface area contributed by atoms with E-state index in [9.17, 15) is 18.0 Å². The highest BCUT2D eigenvalue weighted by Gasteiger charge is 2.33. The number of nitrogens with zero attached hydrogens (tertiary/aromatic N) is 2. The van der Waals surface area contributed by atoms with Gasteiger partial charge in [-0.2, -0.15) is 13.2 Å². The Morgan fingerprint density at radius 3 is 2.38 bits per heavy atom. The lowest BCUT2D eigenvalue weighted by Crippen LogP contribution is -2.50. The van der Waals surface area contributed by atoms with Gasteiger partial charge in [-0.15, -0.1) is 0 Å². The number of hydrogen-bond acceptors (Lipinski definition) is 2. The molecule has 2 rings (SSSR count). The van der Waals surface area contributed by atoms with Crippen molar-refractivity contribution in [2.24, 2.45) is 0 Å². The van der Waals surface area contributed by atoms with Crippen LogP contribution in [0.3, 0.4) is 0 Å². The van der Waals surface area contributed by atoms with Crippen molar-refractivity contribution < 1.29 is 18.0 Å². The van der Waals surface area contributed by atoms with Crippen LogP contribution in [0.15, 0.2) is 18.2 Å². The molecule has 116 valence electrons. The molecule has 1 aliphatic rings. The number of carbonyl (C=O) groups excluding carboxylic acids is 1. The van der Waals surface area contributed by atoms with Gasteiger partial charge in [-0.3, -0.25) is 9.69 Å². The van der Waals surface area contributed by atoms with Crippen molar-refractivity contribution >= 4 is 40.1 Å². The number of piperazine rings is 1. The fourth-order valence-corrected chi connectivity index (χ4v) is 2.81. The number of carbonyl (C=O) groups is 1. The lowest BCUT2D eigenvalue weighted by molar-refractivity contribution is -0.148. The molecule has 1 amide bonds. The summed E-state index contributed by atoms with van der Waals surface area (Å²) in [4.78, 5) is 15.2. The molecule has 0 bridgehead atoms. The van der Waals surface area contributed by atoms with Gasteiger partial charge >= 0.3 is 6.18 Å². The summed E-state index contributed by atoms with van der Waals surface area (Å²) < 4.78 is 37.7. The van der Waals surface area contributed by atoms with Crippen LogP contribution in [0, 0.1) is 3.57 Å². The third-order valence-electron chi connectivity index (χ3n) is 3.23. The molecule has 0 unspecified atom stereocenters. The van der Waals surface area contributed by atoms with Crippen molar-refractivity contribution in [3.63, 3.8) is 0 Å². The first-order valence-electron chi connectivity index (χ1n) is 6.30. The smallest absolute Gasteiger partial charge is 0.336 e. The SMILES string of the molecule is O=C(c1ccc(Cl)c(I)c1)N1CCN(CC(F)(F)F)CC1. The van der Waals surface area contributed by atoms with Gasteiger partial charge < -0.3 is 4.90 Å². The Labute approximate surface area is 139 Å². The number of rotatable bonds is 2. The highest BCUT2D eigenvalue weighted by atomic mass is 127. The molecule has 0 aliphatic carbocycles. The van der Waals surface area contributed by atoms with Gasteiger partial charge in [0, 0.05) is 35.3 Å².